The van der Waals surface area contributed by atoms with E-state index in [1.54, 1.807) is 6.20 Å². The first-order chi connectivity index (χ1) is 9.83. The van der Waals surface area contributed by atoms with Gasteiger partial charge in [0.25, 0.3) is 0 Å². The molecular formula is C16H19N3O. The average molecular weight is 269 g/mol. The summed E-state index contributed by atoms with van der Waals surface area (Å²) in [5.74, 6) is 0. The molecule has 2 aromatic rings. The van der Waals surface area contributed by atoms with Crippen molar-refractivity contribution in [3.8, 4) is 0 Å². The Balaban J connectivity index is 1.55. The average Bonchev–Trinajstić information content (AvgIpc) is 3.01. The van der Waals surface area contributed by atoms with E-state index in [0.29, 0.717) is 6.54 Å². The Morgan fingerprint density at radius 3 is 2.95 bits per heavy atom. The maximum Gasteiger partial charge on any atom is 0.317 e. The predicted octanol–water partition coefficient (Wildman–Crippen LogP) is 2.58. The third-order valence-electron chi connectivity index (χ3n) is 3.75. The Morgan fingerprint density at radius 2 is 2.10 bits per heavy atom. The topological polar surface area (TPSA) is 45.2 Å². The molecule has 1 aliphatic heterocycles. The Kier molecular flexibility index (Phi) is 3.81. The molecule has 1 fully saturated rings. The van der Waals surface area contributed by atoms with E-state index >= 15 is 0 Å². The van der Waals surface area contributed by atoms with Crippen molar-refractivity contribution in [2.24, 2.45) is 0 Å². The van der Waals surface area contributed by atoms with Gasteiger partial charge in [0.2, 0.25) is 0 Å². The van der Waals surface area contributed by atoms with Crippen LogP contribution in [-0.2, 0) is 6.42 Å². The Hall–Kier alpha value is -2.10. The number of fused-ring (bicyclic) bond motifs is 1. The molecular weight excluding hydrogens is 250 g/mol. The lowest BCUT2D eigenvalue weighted by Crippen LogP contribution is -2.38. The highest BCUT2D eigenvalue weighted by atomic mass is 16.2. The molecule has 4 heteroatoms. The smallest absolute Gasteiger partial charge is 0.317 e. The van der Waals surface area contributed by atoms with Crippen molar-refractivity contribution in [2.45, 2.75) is 19.3 Å². The molecule has 0 unspecified atom stereocenters. The van der Waals surface area contributed by atoms with E-state index in [2.05, 4.69) is 28.5 Å². The summed E-state index contributed by atoms with van der Waals surface area (Å²) in [6.07, 6.45) is 4.92. The van der Waals surface area contributed by atoms with E-state index in [0.717, 1.165) is 43.3 Å². The number of pyridine rings is 1. The first-order valence-electron chi connectivity index (χ1n) is 7.19. The summed E-state index contributed by atoms with van der Waals surface area (Å²) in [5, 5.41) is 4.14. The van der Waals surface area contributed by atoms with Crippen LogP contribution in [0.2, 0.25) is 0 Å². The monoisotopic (exact) mass is 269 g/mol. The minimum atomic E-state index is 0.0740. The van der Waals surface area contributed by atoms with Crippen LogP contribution < -0.4 is 5.32 Å². The van der Waals surface area contributed by atoms with Gasteiger partial charge in [-0.25, -0.2) is 4.79 Å². The standard InChI is InChI=1S/C16H19N3O/c20-16(19-10-1-2-11-19)18-9-7-13-5-6-15-14(12-13)4-3-8-17-15/h3-6,8,12H,1-2,7,9-11H2,(H,18,20). The van der Waals surface area contributed by atoms with Crippen LogP contribution in [-0.4, -0.2) is 35.5 Å². The van der Waals surface area contributed by atoms with Crippen molar-refractivity contribution in [3.05, 3.63) is 42.1 Å². The largest absolute Gasteiger partial charge is 0.338 e. The molecule has 0 spiro atoms. The summed E-state index contributed by atoms with van der Waals surface area (Å²) in [6.45, 7) is 2.47. The zero-order valence-corrected chi connectivity index (χ0v) is 11.5. The number of carbonyl (C=O) groups excluding carboxylic acids is 1. The van der Waals surface area contributed by atoms with Crippen molar-refractivity contribution in [1.82, 2.24) is 15.2 Å². The van der Waals surface area contributed by atoms with Crippen LogP contribution >= 0.6 is 0 Å². The van der Waals surface area contributed by atoms with Crippen molar-refractivity contribution < 1.29 is 4.79 Å². The third-order valence-corrected chi connectivity index (χ3v) is 3.75. The summed E-state index contributed by atoms with van der Waals surface area (Å²) in [5.41, 5.74) is 2.24. The second-order valence-corrected chi connectivity index (χ2v) is 5.21. The minimum Gasteiger partial charge on any atom is -0.338 e. The number of nitrogens with one attached hydrogen (secondary N) is 1. The Labute approximate surface area is 118 Å². The molecule has 0 bridgehead atoms. The summed E-state index contributed by atoms with van der Waals surface area (Å²) >= 11 is 0. The van der Waals surface area contributed by atoms with Crippen LogP contribution in [0.15, 0.2) is 36.5 Å². The number of amides is 2. The van der Waals surface area contributed by atoms with E-state index in [1.807, 2.05) is 17.0 Å². The Bertz CT molecular complexity index is 605. The number of aromatic nitrogens is 1. The number of nitrogens with zero attached hydrogens (tertiary/aromatic N) is 2. The number of urea groups is 1. The molecule has 0 saturated carbocycles. The van der Waals surface area contributed by atoms with Crippen LogP contribution in [0.4, 0.5) is 4.79 Å². The molecule has 1 saturated heterocycles. The zero-order chi connectivity index (χ0) is 13.8. The van der Waals surface area contributed by atoms with Gasteiger partial charge in [0.15, 0.2) is 0 Å². The SMILES string of the molecule is O=C(NCCc1ccc2ncccc2c1)N1CCCC1. The molecule has 1 aromatic heterocycles. The van der Waals surface area contributed by atoms with Crippen molar-refractivity contribution in [1.29, 1.82) is 0 Å². The van der Waals surface area contributed by atoms with Gasteiger partial charge < -0.3 is 10.2 Å². The molecule has 2 amide bonds. The minimum absolute atomic E-state index is 0.0740. The van der Waals surface area contributed by atoms with Gasteiger partial charge in [-0.2, -0.15) is 0 Å². The van der Waals surface area contributed by atoms with Crippen LogP contribution in [0.1, 0.15) is 18.4 Å². The van der Waals surface area contributed by atoms with Gasteiger partial charge in [-0.3, -0.25) is 4.98 Å². The van der Waals surface area contributed by atoms with E-state index in [-0.39, 0.29) is 6.03 Å². The molecule has 104 valence electrons. The third kappa shape index (κ3) is 2.90. The highest BCUT2D eigenvalue weighted by Crippen LogP contribution is 2.13. The number of carbonyl (C=O) groups is 1. The molecule has 0 aliphatic carbocycles. The van der Waals surface area contributed by atoms with Gasteiger partial charge in [-0.05, 0) is 43.0 Å². The maximum atomic E-state index is 11.9. The molecule has 2 heterocycles. The van der Waals surface area contributed by atoms with Gasteiger partial charge >= 0.3 is 6.03 Å². The summed E-state index contributed by atoms with van der Waals surface area (Å²) in [4.78, 5) is 18.1. The maximum absolute atomic E-state index is 11.9. The molecule has 1 aromatic carbocycles. The molecule has 0 atom stereocenters. The fraction of sp³-hybridized carbons (Fsp3) is 0.375. The zero-order valence-electron chi connectivity index (χ0n) is 11.5. The second-order valence-electron chi connectivity index (χ2n) is 5.21. The van der Waals surface area contributed by atoms with Gasteiger partial charge in [-0.15, -0.1) is 0 Å². The van der Waals surface area contributed by atoms with Gasteiger partial charge in [-0.1, -0.05) is 12.1 Å². The summed E-state index contributed by atoms with van der Waals surface area (Å²) in [7, 11) is 0. The molecule has 1 aliphatic rings. The lowest BCUT2D eigenvalue weighted by atomic mass is 10.1. The van der Waals surface area contributed by atoms with E-state index in [4.69, 9.17) is 0 Å². The van der Waals surface area contributed by atoms with Gasteiger partial charge in [0.1, 0.15) is 0 Å². The van der Waals surface area contributed by atoms with Crippen molar-refractivity contribution >= 4 is 16.9 Å². The first-order valence-corrected chi connectivity index (χ1v) is 7.19. The number of likely N-dealkylation sites (tertiary alicyclic amines) is 1. The van der Waals surface area contributed by atoms with Crippen molar-refractivity contribution in [2.75, 3.05) is 19.6 Å². The summed E-state index contributed by atoms with van der Waals surface area (Å²) < 4.78 is 0. The predicted molar refractivity (Wildman–Crippen MR) is 79.7 cm³/mol. The van der Waals surface area contributed by atoms with E-state index in [9.17, 15) is 4.79 Å². The number of benzene rings is 1. The number of rotatable bonds is 3. The molecule has 4 nitrogen and oxygen atoms in total. The molecule has 1 N–H and O–H groups in total. The van der Waals surface area contributed by atoms with Crippen LogP contribution in [0.3, 0.4) is 0 Å². The number of hydrogen-bond donors (Lipinski definition) is 1. The van der Waals surface area contributed by atoms with Crippen LogP contribution in [0.5, 0.6) is 0 Å². The Morgan fingerprint density at radius 1 is 1.25 bits per heavy atom. The first kappa shape index (κ1) is 12.9. The van der Waals surface area contributed by atoms with E-state index in [1.165, 1.54) is 5.56 Å². The molecule has 3 rings (SSSR count). The normalized spacial score (nSPS) is 14.7. The second kappa shape index (κ2) is 5.90. The quantitative estimate of drug-likeness (QED) is 0.931. The van der Waals surface area contributed by atoms with E-state index < -0.39 is 0 Å². The van der Waals surface area contributed by atoms with Crippen molar-refractivity contribution in [3.63, 3.8) is 0 Å². The fourth-order valence-corrected chi connectivity index (χ4v) is 2.63. The van der Waals surface area contributed by atoms with Gasteiger partial charge in [0, 0.05) is 31.2 Å². The van der Waals surface area contributed by atoms with Gasteiger partial charge in [0.05, 0.1) is 5.52 Å². The fourth-order valence-electron chi connectivity index (χ4n) is 2.63. The summed E-state index contributed by atoms with van der Waals surface area (Å²) in [6, 6.07) is 10.3. The molecule has 0 radical (unpaired) electrons. The number of hydrogen-bond acceptors (Lipinski definition) is 2. The highest BCUT2D eigenvalue weighted by molar-refractivity contribution is 5.79. The van der Waals surface area contributed by atoms with Crippen LogP contribution in [0.25, 0.3) is 10.9 Å². The lowest BCUT2D eigenvalue weighted by Gasteiger charge is -2.16. The lowest BCUT2D eigenvalue weighted by molar-refractivity contribution is 0.209. The highest BCUT2D eigenvalue weighted by Gasteiger charge is 2.16. The van der Waals surface area contributed by atoms with Crippen LogP contribution in [0, 0.1) is 0 Å². The molecule has 20 heavy (non-hydrogen) atoms.